The largest absolute Gasteiger partial charge is 0.508 e. The summed E-state index contributed by atoms with van der Waals surface area (Å²) < 4.78 is 11.8. The number of phenols is 1. The van der Waals surface area contributed by atoms with Gasteiger partial charge >= 0.3 is 5.97 Å². The van der Waals surface area contributed by atoms with Gasteiger partial charge in [0.25, 0.3) is 0 Å². The van der Waals surface area contributed by atoms with Crippen LogP contribution in [0.15, 0.2) is 41.9 Å². The normalized spacial score (nSPS) is 16.5. The molecule has 24 heavy (non-hydrogen) atoms. The summed E-state index contributed by atoms with van der Waals surface area (Å²) in [6, 6.07) is 6.16. The molecular formula is C16H18N4O4. The van der Waals surface area contributed by atoms with Gasteiger partial charge in [-0.25, -0.2) is 9.48 Å². The lowest BCUT2D eigenvalue weighted by Gasteiger charge is -2.28. The number of hydrogen-bond donors (Lipinski definition) is 2. The molecule has 0 radical (unpaired) electrons. The second-order valence-electron chi connectivity index (χ2n) is 5.32. The molecule has 2 heterocycles. The zero-order chi connectivity index (χ0) is 17.1. The minimum Gasteiger partial charge on any atom is -0.508 e. The fourth-order valence-electron chi connectivity index (χ4n) is 2.65. The van der Waals surface area contributed by atoms with Crippen molar-refractivity contribution in [3.63, 3.8) is 0 Å². The minimum atomic E-state index is -0.536. The molecule has 126 valence electrons. The number of aromatic hydroxyl groups is 1. The number of benzene rings is 1. The molecule has 0 saturated heterocycles. The van der Waals surface area contributed by atoms with Crippen LogP contribution in [0.25, 0.3) is 0 Å². The molecule has 0 aliphatic carbocycles. The smallest absolute Gasteiger partial charge is 0.338 e. The van der Waals surface area contributed by atoms with E-state index in [9.17, 15) is 9.90 Å². The number of carbonyl (C=O) groups excluding carboxylic acids is 1. The van der Waals surface area contributed by atoms with Gasteiger partial charge in [0.1, 0.15) is 24.7 Å². The molecule has 0 fully saturated rings. The van der Waals surface area contributed by atoms with Crippen molar-refractivity contribution in [3.05, 3.63) is 47.4 Å². The molecule has 2 N–H and O–H groups in total. The lowest BCUT2D eigenvalue weighted by Crippen LogP contribution is -2.30. The van der Waals surface area contributed by atoms with Crippen LogP contribution in [0.1, 0.15) is 18.5 Å². The number of rotatable bonds is 5. The molecule has 0 spiro atoms. The van der Waals surface area contributed by atoms with E-state index in [2.05, 4.69) is 15.4 Å². The van der Waals surface area contributed by atoms with Gasteiger partial charge in [0.2, 0.25) is 5.95 Å². The van der Waals surface area contributed by atoms with E-state index in [-0.39, 0.29) is 12.4 Å². The first-order valence-corrected chi connectivity index (χ1v) is 7.44. The van der Waals surface area contributed by atoms with E-state index in [1.165, 1.54) is 13.4 Å². The minimum absolute atomic E-state index is 0.109. The zero-order valence-electron chi connectivity index (χ0n) is 13.4. The predicted octanol–water partition coefficient (Wildman–Crippen LogP) is 1.46. The summed E-state index contributed by atoms with van der Waals surface area (Å²) >= 11 is 0. The number of ether oxygens (including phenoxy) is 2. The van der Waals surface area contributed by atoms with Gasteiger partial charge in [0, 0.05) is 12.8 Å². The Labute approximate surface area is 138 Å². The fourth-order valence-corrected chi connectivity index (χ4v) is 2.65. The van der Waals surface area contributed by atoms with E-state index in [1.54, 1.807) is 29.8 Å². The maximum absolute atomic E-state index is 12.6. The molecule has 8 heteroatoms. The van der Waals surface area contributed by atoms with E-state index in [4.69, 9.17) is 9.47 Å². The topological polar surface area (TPSA) is 98.5 Å². The fraction of sp³-hybridized carbons (Fsp3) is 0.312. The highest BCUT2D eigenvalue weighted by Gasteiger charge is 2.34. The Bertz CT molecular complexity index is 784. The van der Waals surface area contributed by atoms with Crippen LogP contribution in [0.3, 0.4) is 0 Å². The number of allylic oxidation sites excluding steroid dienone is 1. The molecular weight excluding hydrogens is 312 g/mol. The summed E-state index contributed by atoms with van der Waals surface area (Å²) in [6.45, 7) is 2.25. The van der Waals surface area contributed by atoms with Crippen LogP contribution in [0.2, 0.25) is 0 Å². The van der Waals surface area contributed by atoms with Crippen LogP contribution in [0.5, 0.6) is 5.75 Å². The van der Waals surface area contributed by atoms with Crippen LogP contribution < -0.4 is 5.32 Å². The number of aromatic nitrogens is 3. The molecule has 3 rings (SSSR count). The lowest BCUT2D eigenvalue weighted by atomic mass is 9.95. The number of nitrogens with one attached hydrogen (secondary N) is 1. The highest BCUT2D eigenvalue weighted by atomic mass is 16.6. The molecule has 1 aromatic carbocycles. The molecule has 1 aromatic heterocycles. The third-order valence-electron chi connectivity index (χ3n) is 3.72. The van der Waals surface area contributed by atoms with Crippen LogP contribution in [-0.2, 0) is 14.3 Å². The zero-order valence-corrected chi connectivity index (χ0v) is 13.4. The van der Waals surface area contributed by atoms with Gasteiger partial charge in [0.15, 0.2) is 0 Å². The van der Waals surface area contributed by atoms with Crippen molar-refractivity contribution in [3.8, 4) is 5.75 Å². The second kappa shape index (κ2) is 6.71. The van der Waals surface area contributed by atoms with Crippen molar-refractivity contribution in [2.45, 2.75) is 13.0 Å². The number of esters is 1. The summed E-state index contributed by atoms with van der Waals surface area (Å²) in [4.78, 5) is 16.7. The summed E-state index contributed by atoms with van der Waals surface area (Å²) in [5.74, 6) is 0.165. The average molecular weight is 330 g/mol. The Kier molecular flexibility index (Phi) is 4.48. The van der Waals surface area contributed by atoms with Gasteiger partial charge in [-0.1, -0.05) is 12.1 Å². The number of phenolic OH excluding ortho intramolecular Hbond substituents is 1. The average Bonchev–Trinajstić information content (AvgIpc) is 3.01. The third-order valence-corrected chi connectivity index (χ3v) is 3.72. The first-order valence-electron chi connectivity index (χ1n) is 7.44. The van der Waals surface area contributed by atoms with Crippen LogP contribution in [0, 0.1) is 0 Å². The number of anilines is 1. The Balaban J connectivity index is 2.02. The van der Waals surface area contributed by atoms with Crippen molar-refractivity contribution in [1.82, 2.24) is 14.8 Å². The second-order valence-corrected chi connectivity index (χ2v) is 5.32. The van der Waals surface area contributed by atoms with E-state index >= 15 is 0 Å². The standard InChI is InChI=1S/C16H18N4O4/c1-10-13(15(22)24-7-6-23-2)14(11-4-3-5-12(21)8-11)20-16(19-10)17-9-18-20/h3-5,8-9,14,21H,6-7H2,1-2H3,(H,17,18,19). The van der Waals surface area contributed by atoms with Crippen molar-refractivity contribution in [2.24, 2.45) is 0 Å². The van der Waals surface area contributed by atoms with Gasteiger partial charge in [-0.15, -0.1) is 0 Å². The van der Waals surface area contributed by atoms with Gasteiger partial charge in [0.05, 0.1) is 12.2 Å². The van der Waals surface area contributed by atoms with Crippen LogP contribution >= 0.6 is 0 Å². The lowest BCUT2D eigenvalue weighted by molar-refractivity contribution is -0.140. The number of methoxy groups -OCH3 is 1. The van der Waals surface area contributed by atoms with E-state index in [1.807, 2.05) is 6.07 Å². The molecule has 0 saturated carbocycles. The summed E-state index contributed by atoms with van der Waals surface area (Å²) in [6.07, 6.45) is 1.41. The van der Waals surface area contributed by atoms with Gasteiger partial charge in [-0.2, -0.15) is 10.1 Å². The molecule has 2 aromatic rings. The van der Waals surface area contributed by atoms with Gasteiger partial charge in [-0.05, 0) is 24.6 Å². The summed E-state index contributed by atoms with van der Waals surface area (Å²) in [5.41, 5.74) is 1.75. The number of fused-ring (bicyclic) bond motifs is 1. The maximum atomic E-state index is 12.6. The Morgan fingerprint density at radius 1 is 1.42 bits per heavy atom. The van der Waals surface area contributed by atoms with Crippen molar-refractivity contribution in [2.75, 3.05) is 25.6 Å². The molecule has 0 bridgehead atoms. The Morgan fingerprint density at radius 2 is 2.25 bits per heavy atom. The quantitative estimate of drug-likeness (QED) is 0.632. The molecule has 0 amide bonds. The van der Waals surface area contributed by atoms with E-state index < -0.39 is 12.0 Å². The SMILES string of the molecule is COCCOC(=O)C1=C(C)Nc2ncnn2C1c1cccc(O)c1. The highest BCUT2D eigenvalue weighted by Crippen LogP contribution is 2.35. The van der Waals surface area contributed by atoms with Crippen molar-refractivity contribution < 1.29 is 19.4 Å². The Morgan fingerprint density at radius 3 is 3.00 bits per heavy atom. The summed E-state index contributed by atoms with van der Waals surface area (Å²) in [5, 5.41) is 17.0. The monoisotopic (exact) mass is 330 g/mol. The molecule has 1 aliphatic rings. The first kappa shape index (κ1) is 16.0. The molecule has 1 atom stereocenters. The predicted molar refractivity (Wildman–Crippen MR) is 85.4 cm³/mol. The van der Waals surface area contributed by atoms with E-state index in [0.717, 1.165) is 0 Å². The number of hydrogen-bond acceptors (Lipinski definition) is 7. The first-order chi connectivity index (χ1) is 11.6. The number of carbonyl (C=O) groups is 1. The van der Waals surface area contributed by atoms with E-state index in [0.29, 0.717) is 29.4 Å². The molecule has 1 aliphatic heterocycles. The molecule has 1 unspecified atom stereocenters. The molecule has 8 nitrogen and oxygen atoms in total. The third kappa shape index (κ3) is 2.95. The van der Waals surface area contributed by atoms with Gasteiger partial charge < -0.3 is 19.9 Å². The van der Waals surface area contributed by atoms with Crippen molar-refractivity contribution in [1.29, 1.82) is 0 Å². The van der Waals surface area contributed by atoms with Crippen molar-refractivity contribution >= 4 is 11.9 Å². The Hall–Kier alpha value is -2.87. The highest BCUT2D eigenvalue weighted by molar-refractivity contribution is 5.92. The summed E-state index contributed by atoms with van der Waals surface area (Å²) in [7, 11) is 1.54. The van der Waals surface area contributed by atoms with Gasteiger partial charge in [-0.3, -0.25) is 0 Å². The maximum Gasteiger partial charge on any atom is 0.338 e. The number of nitrogens with zero attached hydrogens (tertiary/aromatic N) is 3. The van der Waals surface area contributed by atoms with Crippen LogP contribution in [-0.4, -0.2) is 46.2 Å². The van der Waals surface area contributed by atoms with Crippen LogP contribution in [0.4, 0.5) is 5.95 Å².